The van der Waals surface area contributed by atoms with Gasteiger partial charge in [0.1, 0.15) is 12.6 Å². The summed E-state index contributed by atoms with van der Waals surface area (Å²) >= 11 is 0. The van der Waals surface area contributed by atoms with E-state index in [0.717, 1.165) is 27.8 Å². The molecule has 4 aromatic carbocycles. The number of fused-ring (bicyclic) bond motifs is 3. The fourth-order valence-electron chi connectivity index (χ4n) is 5.41. The SMILES string of the molecule is Cc1ccc(NC(=O)C(CN(C)Cc2ccccc2)NC(=O)OCC2c3ccccc3-c3ccccc32)cc1C(=O)O. The number of nitrogens with zero attached hydrogens (tertiary/aromatic N) is 1. The molecule has 0 radical (unpaired) electrons. The topological polar surface area (TPSA) is 108 Å². The minimum Gasteiger partial charge on any atom is -0.478 e. The maximum atomic E-state index is 13.4. The summed E-state index contributed by atoms with van der Waals surface area (Å²) in [6.07, 6.45) is -0.708. The summed E-state index contributed by atoms with van der Waals surface area (Å²) in [5, 5.41) is 15.0. The molecule has 0 saturated carbocycles. The number of aryl methyl sites for hydroxylation is 1. The van der Waals surface area contributed by atoms with Crippen LogP contribution in [0.4, 0.5) is 10.5 Å². The van der Waals surface area contributed by atoms with E-state index in [9.17, 15) is 19.5 Å². The molecular formula is C34H33N3O5. The number of carboxylic acids is 1. The van der Waals surface area contributed by atoms with Gasteiger partial charge in [0.2, 0.25) is 5.91 Å². The molecule has 0 fully saturated rings. The van der Waals surface area contributed by atoms with Crippen molar-refractivity contribution < 1.29 is 24.2 Å². The number of alkyl carbamates (subject to hydrolysis) is 1. The van der Waals surface area contributed by atoms with E-state index < -0.39 is 24.0 Å². The van der Waals surface area contributed by atoms with Gasteiger partial charge in [-0.15, -0.1) is 0 Å². The number of likely N-dealkylation sites (N-methyl/N-ethyl adjacent to an activating group) is 1. The third kappa shape index (κ3) is 6.50. The van der Waals surface area contributed by atoms with Crippen LogP contribution in [0.1, 0.15) is 38.5 Å². The summed E-state index contributed by atoms with van der Waals surface area (Å²) in [6, 6.07) is 29.7. The summed E-state index contributed by atoms with van der Waals surface area (Å²) in [7, 11) is 1.86. The molecule has 1 aliphatic rings. The van der Waals surface area contributed by atoms with E-state index in [4.69, 9.17) is 4.74 Å². The van der Waals surface area contributed by atoms with Crippen LogP contribution in [0.15, 0.2) is 97.1 Å². The van der Waals surface area contributed by atoms with Gasteiger partial charge in [0.05, 0.1) is 5.56 Å². The molecule has 1 atom stereocenters. The predicted molar refractivity (Wildman–Crippen MR) is 162 cm³/mol. The van der Waals surface area contributed by atoms with Gasteiger partial charge in [-0.05, 0) is 59.5 Å². The van der Waals surface area contributed by atoms with Gasteiger partial charge in [-0.2, -0.15) is 0 Å². The number of carboxylic acid groups (broad SMARTS) is 1. The quantitative estimate of drug-likeness (QED) is 0.229. The fraction of sp³-hybridized carbons (Fsp3) is 0.206. The van der Waals surface area contributed by atoms with Gasteiger partial charge in [0.15, 0.2) is 0 Å². The molecule has 0 aliphatic heterocycles. The lowest BCUT2D eigenvalue weighted by Gasteiger charge is -2.25. The monoisotopic (exact) mass is 563 g/mol. The average Bonchev–Trinajstić information content (AvgIpc) is 3.30. The van der Waals surface area contributed by atoms with E-state index in [1.807, 2.05) is 78.7 Å². The van der Waals surface area contributed by atoms with Crippen LogP contribution in [-0.2, 0) is 16.1 Å². The van der Waals surface area contributed by atoms with Crippen LogP contribution in [0.2, 0.25) is 0 Å². The summed E-state index contributed by atoms with van der Waals surface area (Å²) in [5.41, 5.74) is 6.50. The zero-order valence-corrected chi connectivity index (χ0v) is 23.5. The van der Waals surface area contributed by atoms with Crippen molar-refractivity contribution in [3.05, 3.63) is 125 Å². The Kier molecular flexibility index (Phi) is 8.64. The first-order chi connectivity index (χ1) is 20.3. The van der Waals surface area contributed by atoms with E-state index in [-0.39, 0.29) is 24.6 Å². The van der Waals surface area contributed by atoms with Crippen molar-refractivity contribution in [2.24, 2.45) is 0 Å². The number of carbonyl (C=O) groups is 3. The smallest absolute Gasteiger partial charge is 0.407 e. The van der Waals surface area contributed by atoms with E-state index >= 15 is 0 Å². The number of nitrogens with one attached hydrogen (secondary N) is 2. The average molecular weight is 564 g/mol. The Morgan fingerprint density at radius 3 is 2.14 bits per heavy atom. The highest BCUT2D eigenvalue weighted by Gasteiger charge is 2.30. The summed E-state index contributed by atoms with van der Waals surface area (Å²) in [4.78, 5) is 40.1. The van der Waals surface area contributed by atoms with Crippen LogP contribution in [-0.4, -0.2) is 54.2 Å². The van der Waals surface area contributed by atoms with Crippen LogP contribution >= 0.6 is 0 Å². The number of rotatable bonds is 10. The highest BCUT2D eigenvalue weighted by molar-refractivity contribution is 5.98. The Morgan fingerprint density at radius 2 is 1.50 bits per heavy atom. The Balaban J connectivity index is 1.30. The number of hydrogen-bond acceptors (Lipinski definition) is 5. The molecule has 0 spiro atoms. The molecule has 3 N–H and O–H groups in total. The van der Waals surface area contributed by atoms with Gasteiger partial charge in [0, 0.05) is 24.7 Å². The summed E-state index contributed by atoms with van der Waals surface area (Å²) in [6.45, 7) is 2.57. The van der Waals surface area contributed by atoms with Gasteiger partial charge in [-0.1, -0.05) is 84.9 Å². The lowest BCUT2D eigenvalue weighted by molar-refractivity contribution is -0.118. The van der Waals surface area contributed by atoms with Crippen molar-refractivity contribution >= 4 is 23.7 Å². The second-order valence-corrected chi connectivity index (χ2v) is 10.5. The zero-order chi connectivity index (χ0) is 29.6. The van der Waals surface area contributed by atoms with Crippen molar-refractivity contribution in [1.82, 2.24) is 10.2 Å². The second kappa shape index (κ2) is 12.7. The van der Waals surface area contributed by atoms with E-state index in [0.29, 0.717) is 17.8 Å². The highest BCUT2D eigenvalue weighted by Crippen LogP contribution is 2.44. The van der Waals surface area contributed by atoms with Crippen LogP contribution < -0.4 is 10.6 Å². The molecule has 1 aliphatic carbocycles. The maximum Gasteiger partial charge on any atom is 0.407 e. The van der Waals surface area contributed by atoms with Crippen LogP contribution in [0, 0.1) is 6.92 Å². The Morgan fingerprint density at radius 1 is 0.881 bits per heavy atom. The van der Waals surface area contributed by atoms with Crippen LogP contribution in [0.25, 0.3) is 11.1 Å². The highest BCUT2D eigenvalue weighted by atomic mass is 16.5. The predicted octanol–water partition coefficient (Wildman–Crippen LogP) is 5.67. The molecule has 4 aromatic rings. The molecular weight excluding hydrogens is 530 g/mol. The van der Waals surface area contributed by atoms with Crippen molar-refractivity contribution in [2.45, 2.75) is 25.4 Å². The van der Waals surface area contributed by atoms with Crippen molar-refractivity contribution in [3.8, 4) is 11.1 Å². The molecule has 42 heavy (non-hydrogen) atoms. The zero-order valence-electron chi connectivity index (χ0n) is 23.5. The molecule has 0 bridgehead atoms. The minimum atomic E-state index is -1.08. The number of amides is 2. The lowest BCUT2D eigenvalue weighted by atomic mass is 9.98. The molecule has 2 amide bonds. The third-order valence-corrected chi connectivity index (χ3v) is 7.48. The standard InChI is InChI=1S/C34H33N3O5/c1-22-16-17-24(18-29(22)33(39)40)35-32(38)31(20-37(2)19-23-10-4-3-5-11-23)36-34(41)42-21-30-27-14-8-6-12-25(27)26-13-7-9-15-28(26)30/h3-18,30-31H,19-21H2,1-2H3,(H,35,38)(H,36,41)(H,39,40). The first-order valence-corrected chi connectivity index (χ1v) is 13.8. The molecule has 214 valence electrons. The Hall–Kier alpha value is -4.95. The van der Waals surface area contributed by atoms with Crippen molar-refractivity contribution in [3.63, 3.8) is 0 Å². The molecule has 5 rings (SSSR count). The van der Waals surface area contributed by atoms with Crippen LogP contribution in [0.5, 0.6) is 0 Å². The molecule has 1 unspecified atom stereocenters. The van der Waals surface area contributed by atoms with Crippen LogP contribution in [0.3, 0.4) is 0 Å². The molecule has 8 heteroatoms. The van der Waals surface area contributed by atoms with Crippen molar-refractivity contribution in [2.75, 3.05) is 25.5 Å². The largest absolute Gasteiger partial charge is 0.478 e. The van der Waals surface area contributed by atoms with Gasteiger partial charge >= 0.3 is 12.1 Å². The minimum absolute atomic E-state index is 0.0926. The second-order valence-electron chi connectivity index (χ2n) is 10.5. The summed E-state index contributed by atoms with van der Waals surface area (Å²) in [5.74, 6) is -1.68. The normalized spacial score (nSPS) is 12.7. The number of ether oxygens (including phenoxy) is 1. The third-order valence-electron chi connectivity index (χ3n) is 7.48. The van der Waals surface area contributed by atoms with Gasteiger partial charge < -0.3 is 20.5 Å². The van der Waals surface area contributed by atoms with Gasteiger partial charge in [0.25, 0.3) is 0 Å². The van der Waals surface area contributed by atoms with Gasteiger partial charge in [-0.25, -0.2) is 9.59 Å². The molecule has 0 heterocycles. The lowest BCUT2D eigenvalue weighted by Crippen LogP contribution is -2.50. The maximum absolute atomic E-state index is 13.4. The van der Waals surface area contributed by atoms with E-state index in [1.54, 1.807) is 19.1 Å². The molecule has 0 aromatic heterocycles. The molecule has 0 saturated heterocycles. The summed E-state index contributed by atoms with van der Waals surface area (Å²) < 4.78 is 5.71. The Labute approximate surface area is 244 Å². The number of benzene rings is 4. The number of carbonyl (C=O) groups excluding carboxylic acids is 2. The van der Waals surface area contributed by atoms with Crippen molar-refractivity contribution in [1.29, 1.82) is 0 Å². The van der Waals surface area contributed by atoms with E-state index in [1.165, 1.54) is 6.07 Å². The van der Waals surface area contributed by atoms with E-state index in [2.05, 4.69) is 22.8 Å². The first kappa shape index (κ1) is 28.6. The fourth-order valence-corrected chi connectivity index (χ4v) is 5.41. The van der Waals surface area contributed by atoms with Gasteiger partial charge in [-0.3, -0.25) is 9.69 Å². The molecule has 8 nitrogen and oxygen atoms in total. The first-order valence-electron chi connectivity index (χ1n) is 13.8. The Bertz CT molecular complexity index is 1560. The number of aromatic carboxylic acids is 1. The number of anilines is 1. The number of hydrogen-bond donors (Lipinski definition) is 3.